The molecule has 0 heterocycles. The van der Waals surface area contributed by atoms with E-state index in [-0.39, 0.29) is 63.8 Å². The monoisotopic (exact) mass is 185 g/mol. The number of benzene rings is 1. The van der Waals surface area contributed by atoms with Gasteiger partial charge in [0.15, 0.2) is 0 Å². The van der Waals surface area contributed by atoms with Crippen LogP contribution in [0.15, 0.2) is 36.4 Å². The molecule has 0 aliphatic carbocycles. The molecule has 0 bridgehead atoms. The maximum atomic E-state index is 6.50. The van der Waals surface area contributed by atoms with Gasteiger partial charge in [-0.3, -0.25) is 0 Å². The molecule has 0 saturated carbocycles. The zero-order valence-corrected chi connectivity index (χ0v) is 9.75. The van der Waals surface area contributed by atoms with E-state index in [0.29, 0.717) is 0 Å². The summed E-state index contributed by atoms with van der Waals surface area (Å²) in [5, 5.41) is 6.50. The summed E-state index contributed by atoms with van der Waals surface area (Å²) in [4.78, 5) is 0. The van der Waals surface area contributed by atoms with Crippen LogP contribution in [-0.2, 0) is 0 Å². The molecular weight excluding hydrogens is 177 g/mol. The first kappa shape index (κ1) is 17.2. The van der Waals surface area contributed by atoms with Gasteiger partial charge < -0.3 is 17.6 Å². The number of hydrogen-bond donors (Lipinski definition) is 2. The molecular formula is C6H9ClKNO. The van der Waals surface area contributed by atoms with E-state index >= 15 is 0 Å². The van der Waals surface area contributed by atoms with Crippen molar-refractivity contribution in [3.63, 3.8) is 0 Å². The summed E-state index contributed by atoms with van der Waals surface area (Å²) in [5.74, 6) is 3.50. The van der Waals surface area contributed by atoms with Gasteiger partial charge in [0, 0.05) is 0 Å². The fraction of sp³-hybridized carbons (Fsp3) is 0. The van der Waals surface area contributed by atoms with Crippen LogP contribution >= 0.6 is 0 Å². The maximum Gasteiger partial charge on any atom is 1.00 e. The molecule has 1 aromatic carbocycles. The molecule has 0 atom stereocenters. The van der Waals surface area contributed by atoms with Gasteiger partial charge in [-0.25, -0.2) is 5.90 Å². The zero-order valence-electron chi connectivity index (χ0n) is 5.87. The van der Waals surface area contributed by atoms with Crippen LogP contribution in [0, 0.1) is 0 Å². The van der Waals surface area contributed by atoms with Crippen molar-refractivity contribution >= 4 is 0 Å². The smallest absolute Gasteiger partial charge is 1.00 e. The van der Waals surface area contributed by atoms with Gasteiger partial charge in [-0.05, 0) is 0 Å². The van der Waals surface area contributed by atoms with Crippen LogP contribution in [-0.4, -0.2) is 5.21 Å². The Kier molecular flexibility index (Phi) is 28.6. The van der Waals surface area contributed by atoms with E-state index < -0.39 is 0 Å². The second-order valence-corrected chi connectivity index (χ2v) is 1.15. The fourth-order valence-electron chi connectivity index (χ4n) is 0.385. The van der Waals surface area contributed by atoms with E-state index in [4.69, 9.17) is 5.21 Å². The summed E-state index contributed by atoms with van der Waals surface area (Å²) >= 11 is 0. The summed E-state index contributed by atoms with van der Waals surface area (Å²) in [6.07, 6.45) is 0. The molecule has 0 unspecified atom stereocenters. The van der Waals surface area contributed by atoms with E-state index in [0.717, 1.165) is 0 Å². The van der Waals surface area contributed by atoms with Crippen molar-refractivity contribution in [1.29, 1.82) is 0 Å². The van der Waals surface area contributed by atoms with Gasteiger partial charge in [0.1, 0.15) is 0 Å². The first-order chi connectivity index (χ1) is 4.00. The molecule has 0 spiro atoms. The Bertz CT molecular complexity index is 89.7. The third-order valence-electron chi connectivity index (χ3n) is 0.667. The standard InChI is InChI=1S/C6H6.ClH.K.H3NO/c1-2-4-6-5-3-1;;;1-2/h1-6H;1H;;2H,1H2/q;;+1;/p-1. The number of nitrogens with two attached hydrogens (primary N) is 1. The summed E-state index contributed by atoms with van der Waals surface area (Å²) in [5.41, 5.74) is 0. The first-order valence-corrected chi connectivity index (χ1v) is 2.26. The van der Waals surface area contributed by atoms with Crippen LogP contribution in [0.1, 0.15) is 0 Å². The van der Waals surface area contributed by atoms with Gasteiger partial charge in [0.25, 0.3) is 0 Å². The average Bonchev–Trinajstić information content (AvgIpc) is 1.96. The number of halogens is 1. The van der Waals surface area contributed by atoms with Crippen molar-refractivity contribution in [1.82, 2.24) is 0 Å². The molecule has 0 fully saturated rings. The second kappa shape index (κ2) is 16.6. The fourth-order valence-corrected chi connectivity index (χ4v) is 0.385. The molecule has 3 N–H and O–H groups in total. The first-order valence-electron chi connectivity index (χ1n) is 2.26. The van der Waals surface area contributed by atoms with Crippen LogP contribution in [0.2, 0.25) is 0 Å². The molecule has 52 valence electrons. The molecule has 0 radical (unpaired) electrons. The van der Waals surface area contributed by atoms with Crippen LogP contribution in [0.5, 0.6) is 0 Å². The summed E-state index contributed by atoms with van der Waals surface area (Å²) in [6, 6.07) is 12.0. The third kappa shape index (κ3) is 11.8. The van der Waals surface area contributed by atoms with E-state index in [9.17, 15) is 0 Å². The van der Waals surface area contributed by atoms with Crippen molar-refractivity contribution in [2.75, 3.05) is 0 Å². The molecule has 10 heavy (non-hydrogen) atoms. The van der Waals surface area contributed by atoms with Crippen LogP contribution < -0.4 is 69.7 Å². The minimum atomic E-state index is 0. The van der Waals surface area contributed by atoms with Crippen molar-refractivity contribution in [3.8, 4) is 0 Å². The summed E-state index contributed by atoms with van der Waals surface area (Å²) < 4.78 is 0. The van der Waals surface area contributed by atoms with Gasteiger partial charge in [0.05, 0.1) is 0 Å². The Hall–Kier alpha value is 1.07. The van der Waals surface area contributed by atoms with Gasteiger partial charge in [-0.15, -0.1) is 0 Å². The molecule has 0 aliphatic heterocycles. The van der Waals surface area contributed by atoms with Crippen molar-refractivity contribution < 1.29 is 69.0 Å². The molecule has 2 nitrogen and oxygen atoms in total. The van der Waals surface area contributed by atoms with E-state index in [1.165, 1.54) is 0 Å². The SMILES string of the molecule is NO.[Cl-].[K+].c1ccccc1. The molecule has 1 aromatic rings. The predicted molar refractivity (Wildman–Crippen MR) is 32.4 cm³/mol. The molecule has 0 amide bonds. The quantitative estimate of drug-likeness (QED) is 0.314. The normalized spacial score (nSPS) is 5.40. The third-order valence-corrected chi connectivity index (χ3v) is 0.667. The molecule has 4 heteroatoms. The Labute approximate surface area is 110 Å². The number of hydrogen-bond acceptors (Lipinski definition) is 2. The van der Waals surface area contributed by atoms with Crippen molar-refractivity contribution in [2.24, 2.45) is 5.90 Å². The molecule has 1 rings (SSSR count). The molecule has 0 aromatic heterocycles. The van der Waals surface area contributed by atoms with Crippen LogP contribution in [0.25, 0.3) is 0 Å². The van der Waals surface area contributed by atoms with Crippen LogP contribution in [0.3, 0.4) is 0 Å². The predicted octanol–water partition coefficient (Wildman–Crippen LogP) is -4.97. The number of rotatable bonds is 0. The Balaban J connectivity index is -0.000000114. The van der Waals surface area contributed by atoms with E-state index in [2.05, 4.69) is 5.90 Å². The zero-order chi connectivity index (χ0) is 6.24. The van der Waals surface area contributed by atoms with Crippen molar-refractivity contribution in [2.45, 2.75) is 0 Å². The Morgan fingerprint density at radius 3 is 0.900 bits per heavy atom. The Morgan fingerprint density at radius 1 is 0.700 bits per heavy atom. The van der Waals surface area contributed by atoms with Crippen molar-refractivity contribution in [3.05, 3.63) is 36.4 Å². The van der Waals surface area contributed by atoms with Gasteiger partial charge in [0.2, 0.25) is 0 Å². The molecule has 0 aliphatic rings. The molecule has 0 saturated heterocycles. The Morgan fingerprint density at radius 2 is 0.800 bits per heavy atom. The summed E-state index contributed by atoms with van der Waals surface area (Å²) in [6.45, 7) is 0. The minimum absolute atomic E-state index is 0. The van der Waals surface area contributed by atoms with Gasteiger partial charge >= 0.3 is 51.4 Å². The summed E-state index contributed by atoms with van der Waals surface area (Å²) in [7, 11) is 0. The van der Waals surface area contributed by atoms with E-state index in [1.807, 2.05) is 36.4 Å². The average molecular weight is 186 g/mol. The van der Waals surface area contributed by atoms with E-state index in [1.54, 1.807) is 0 Å². The van der Waals surface area contributed by atoms with Crippen LogP contribution in [0.4, 0.5) is 0 Å². The maximum absolute atomic E-state index is 6.50. The van der Waals surface area contributed by atoms with Gasteiger partial charge in [-0.2, -0.15) is 0 Å². The topological polar surface area (TPSA) is 46.2 Å². The second-order valence-electron chi connectivity index (χ2n) is 1.15. The minimum Gasteiger partial charge on any atom is -1.00 e. The largest absolute Gasteiger partial charge is 1.00 e. The van der Waals surface area contributed by atoms with Gasteiger partial charge in [-0.1, -0.05) is 36.4 Å².